The number of hydrogen-bond acceptors (Lipinski definition) is 2. The van der Waals surface area contributed by atoms with E-state index in [9.17, 15) is 0 Å². The molecule has 100 valence electrons. The van der Waals surface area contributed by atoms with E-state index in [4.69, 9.17) is 5.73 Å². The molecule has 0 amide bonds. The molecule has 0 aliphatic rings. The summed E-state index contributed by atoms with van der Waals surface area (Å²) in [6, 6.07) is 10.3. The van der Waals surface area contributed by atoms with Crippen LogP contribution in [0, 0.1) is 0 Å². The van der Waals surface area contributed by atoms with Gasteiger partial charge in [0.1, 0.15) is 14.2 Å². The van der Waals surface area contributed by atoms with Gasteiger partial charge in [0.25, 0.3) is 0 Å². The molecule has 2 atom stereocenters. The summed E-state index contributed by atoms with van der Waals surface area (Å²) in [6.07, 6.45) is 9.68. The van der Waals surface area contributed by atoms with Crippen LogP contribution < -0.4 is 5.73 Å². The van der Waals surface area contributed by atoms with Crippen LogP contribution in [0.2, 0.25) is 0 Å². The minimum atomic E-state index is -0.374. The van der Waals surface area contributed by atoms with Crippen LogP contribution in [0.4, 0.5) is 0 Å². The molecular formula is C16H22N2P+. The lowest BCUT2D eigenvalue weighted by atomic mass is 10.0. The predicted octanol–water partition coefficient (Wildman–Crippen LogP) is 4.11. The number of rotatable bonds is 5. The lowest BCUT2D eigenvalue weighted by Crippen LogP contribution is -1.94. The molecule has 0 saturated heterocycles. The second-order valence-electron chi connectivity index (χ2n) is 4.56. The minimum absolute atomic E-state index is 0.342. The van der Waals surface area contributed by atoms with Crippen LogP contribution in [-0.2, 0) is 0 Å². The number of hydrogen-bond donors (Lipinski definition) is 1. The normalized spacial score (nSPS) is 15.6. The second kappa shape index (κ2) is 7.70. The zero-order valence-corrected chi connectivity index (χ0v) is 12.8. The molecule has 0 heterocycles. The molecule has 2 N–H and O–H groups in total. The Balaban J connectivity index is 2.69. The van der Waals surface area contributed by atoms with Crippen LogP contribution in [0.5, 0.6) is 0 Å². The maximum atomic E-state index is 5.90. The standard InChI is InChI=1S/C16H22N2P/c1-13(15-8-6-5-7-9-15)10-11-16(17)12-18-14(2)19(3)4/h5-13H,3,17H2,1-2,4H3/q+1/b11-10-,16-12+,18-14?/t13-/m0/s1. The highest BCUT2D eigenvalue weighted by atomic mass is 31.1. The molecule has 0 aliphatic heterocycles. The Morgan fingerprint density at radius 1 is 1.37 bits per heavy atom. The minimum Gasteiger partial charge on any atom is -0.397 e. The monoisotopic (exact) mass is 273 g/mol. The van der Waals surface area contributed by atoms with Crippen LogP contribution in [0.25, 0.3) is 0 Å². The van der Waals surface area contributed by atoms with Crippen LogP contribution in [0.15, 0.2) is 59.4 Å². The Kier molecular flexibility index (Phi) is 6.24. The predicted molar refractivity (Wildman–Crippen MR) is 89.3 cm³/mol. The quantitative estimate of drug-likeness (QED) is 0.489. The third-order valence-corrected chi connectivity index (χ3v) is 4.08. The topological polar surface area (TPSA) is 38.4 Å². The van der Waals surface area contributed by atoms with E-state index in [1.165, 1.54) is 5.56 Å². The maximum Gasteiger partial charge on any atom is 0.210 e. The molecule has 0 saturated carbocycles. The van der Waals surface area contributed by atoms with Gasteiger partial charge in [0.05, 0.1) is 12.5 Å². The molecule has 19 heavy (non-hydrogen) atoms. The van der Waals surface area contributed by atoms with Crippen LogP contribution >= 0.6 is 7.55 Å². The van der Waals surface area contributed by atoms with Gasteiger partial charge in [-0.2, -0.15) is 0 Å². The van der Waals surface area contributed by atoms with E-state index in [2.05, 4.69) is 43.1 Å². The van der Waals surface area contributed by atoms with Crippen molar-refractivity contribution in [3.63, 3.8) is 0 Å². The van der Waals surface area contributed by atoms with Gasteiger partial charge in [0.15, 0.2) is 0 Å². The Morgan fingerprint density at radius 2 is 2.00 bits per heavy atom. The number of nitrogens with zero attached hydrogens (tertiary/aromatic N) is 1. The maximum absolute atomic E-state index is 5.90. The fourth-order valence-corrected chi connectivity index (χ4v) is 1.69. The van der Waals surface area contributed by atoms with Crippen LogP contribution in [0.3, 0.4) is 0 Å². The SMILES string of the molecule is C=[P+](C)C(C)=N/C=C(N)\C=C/[C@H](C)c1ccccc1. The first kappa shape index (κ1) is 15.4. The van der Waals surface area contributed by atoms with Crippen molar-refractivity contribution in [2.45, 2.75) is 19.8 Å². The van der Waals surface area contributed by atoms with Crippen molar-refractivity contribution in [2.24, 2.45) is 10.7 Å². The fraction of sp³-hybridized carbons (Fsp3) is 0.250. The van der Waals surface area contributed by atoms with Crippen molar-refractivity contribution in [2.75, 3.05) is 6.66 Å². The van der Waals surface area contributed by atoms with Gasteiger partial charge in [-0.1, -0.05) is 43.3 Å². The second-order valence-corrected chi connectivity index (χ2v) is 6.60. The zero-order valence-electron chi connectivity index (χ0n) is 11.9. The highest BCUT2D eigenvalue weighted by Gasteiger charge is 2.01. The fourth-order valence-electron chi connectivity index (χ4n) is 1.43. The number of allylic oxidation sites excluding steroid dienone is 2. The number of benzene rings is 1. The molecule has 0 spiro atoms. The van der Waals surface area contributed by atoms with Crippen molar-refractivity contribution in [1.29, 1.82) is 0 Å². The van der Waals surface area contributed by atoms with Gasteiger partial charge in [-0.25, -0.2) is 4.99 Å². The Hall–Kier alpha value is -1.66. The average Bonchev–Trinajstić information content (AvgIpc) is 2.42. The molecule has 3 heteroatoms. The summed E-state index contributed by atoms with van der Waals surface area (Å²) in [6.45, 7) is 6.21. The van der Waals surface area contributed by atoms with Gasteiger partial charge in [-0.15, -0.1) is 0 Å². The van der Waals surface area contributed by atoms with Crippen molar-refractivity contribution in [3.05, 3.63) is 59.9 Å². The first-order valence-electron chi connectivity index (χ1n) is 6.28. The molecule has 2 nitrogen and oxygen atoms in total. The molecule has 1 rings (SSSR count). The van der Waals surface area contributed by atoms with Gasteiger partial charge in [-0.3, -0.25) is 0 Å². The molecular weight excluding hydrogens is 251 g/mol. The van der Waals surface area contributed by atoms with E-state index in [0.29, 0.717) is 11.6 Å². The lowest BCUT2D eigenvalue weighted by Gasteiger charge is -2.05. The van der Waals surface area contributed by atoms with E-state index < -0.39 is 0 Å². The summed E-state index contributed by atoms with van der Waals surface area (Å²) in [5.41, 5.74) is 8.89. The first-order chi connectivity index (χ1) is 9.00. The van der Waals surface area contributed by atoms with Crippen LogP contribution in [0.1, 0.15) is 25.3 Å². The third-order valence-electron chi connectivity index (χ3n) is 2.86. The summed E-state index contributed by atoms with van der Waals surface area (Å²) in [5.74, 6) is 0.342. The van der Waals surface area contributed by atoms with Crippen molar-refractivity contribution >= 4 is 19.3 Å². The average molecular weight is 273 g/mol. The zero-order chi connectivity index (χ0) is 14.3. The van der Waals surface area contributed by atoms with Crippen molar-refractivity contribution in [3.8, 4) is 0 Å². The molecule has 0 aromatic heterocycles. The Morgan fingerprint density at radius 3 is 2.58 bits per heavy atom. The smallest absolute Gasteiger partial charge is 0.210 e. The van der Waals surface area contributed by atoms with E-state index in [1.54, 1.807) is 6.20 Å². The van der Waals surface area contributed by atoms with E-state index in [1.807, 2.05) is 31.2 Å². The molecule has 1 aromatic carbocycles. The molecule has 0 radical (unpaired) electrons. The lowest BCUT2D eigenvalue weighted by molar-refractivity contribution is 0.965. The highest BCUT2D eigenvalue weighted by Crippen LogP contribution is 2.17. The molecule has 1 unspecified atom stereocenters. The largest absolute Gasteiger partial charge is 0.397 e. The number of aliphatic imine (C=N–C) groups is 1. The summed E-state index contributed by atoms with van der Waals surface area (Å²) in [4.78, 5) is 4.32. The van der Waals surface area contributed by atoms with Gasteiger partial charge in [-0.05, 0) is 17.6 Å². The van der Waals surface area contributed by atoms with E-state index in [0.717, 1.165) is 5.45 Å². The van der Waals surface area contributed by atoms with Gasteiger partial charge in [0, 0.05) is 12.6 Å². The molecule has 0 aliphatic carbocycles. The molecule has 0 fully saturated rings. The van der Waals surface area contributed by atoms with Crippen molar-refractivity contribution in [1.82, 2.24) is 0 Å². The Labute approximate surface area is 117 Å². The molecule has 0 bridgehead atoms. The first-order valence-corrected chi connectivity index (χ1v) is 8.25. The van der Waals surface area contributed by atoms with E-state index in [-0.39, 0.29) is 7.55 Å². The van der Waals surface area contributed by atoms with Crippen LogP contribution in [-0.4, -0.2) is 18.4 Å². The highest BCUT2D eigenvalue weighted by molar-refractivity contribution is 7.72. The molecule has 1 aromatic rings. The van der Waals surface area contributed by atoms with Gasteiger partial charge >= 0.3 is 0 Å². The number of nitrogens with two attached hydrogens (primary N) is 1. The summed E-state index contributed by atoms with van der Waals surface area (Å²) >= 11 is 0. The van der Waals surface area contributed by atoms with E-state index >= 15 is 0 Å². The summed E-state index contributed by atoms with van der Waals surface area (Å²) < 4.78 is 0. The summed E-state index contributed by atoms with van der Waals surface area (Å²) in [7, 11) is -0.374. The van der Waals surface area contributed by atoms with Gasteiger partial charge < -0.3 is 5.73 Å². The summed E-state index contributed by atoms with van der Waals surface area (Å²) in [5, 5.41) is 0. The van der Waals surface area contributed by atoms with Gasteiger partial charge in [0.2, 0.25) is 5.45 Å². The third kappa shape index (κ3) is 5.67. The Bertz CT molecular complexity index is 513. The van der Waals surface area contributed by atoms with Crippen molar-refractivity contribution < 1.29 is 0 Å².